The van der Waals surface area contributed by atoms with Crippen molar-refractivity contribution in [1.29, 1.82) is 0 Å². The number of anilines is 1. The number of nitrogens with one attached hydrogen (secondary N) is 2. The number of primary sulfonamides is 1. The number of H-pyrrole nitrogens is 1. The maximum atomic E-state index is 11.3. The van der Waals surface area contributed by atoms with Crippen LogP contribution < -0.4 is 16.0 Å². The number of hydrogen-bond acceptors (Lipinski definition) is 5. The van der Waals surface area contributed by atoms with E-state index in [0.717, 1.165) is 5.56 Å². The summed E-state index contributed by atoms with van der Waals surface area (Å²) in [4.78, 5) is 17.8. The highest BCUT2D eigenvalue weighted by atomic mass is 79.9. The lowest BCUT2D eigenvalue weighted by molar-refractivity contribution is 0.598. The van der Waals surface area contributed by atoms with E-state index < -0.39 is 10.0 Å². The van der Waals surface area contributed by atoms with Gasteiger partial charge in [-0.15, -0.1) is 0 Å². The molecule has 9 heteroatoms. The van der Waals surface area contributed by atoms with Gasteiger partial charge < -0.3 is 10.3 Å². The number of nitrogens with two attached hydrogens (primary N) is 1. The lowest BCUT2D eigenvalue weighted by Gasteiger charge is -2.07. The maximum absolute atomic E-state index is 11.3. The minimum Gasteiger partial charge on any atom is -0.365 e. The van der Waals surface area contributed by atoms with Gasteiger partial charge in [0.15, 0.2) is 0 Å². The summed E-state index contributed by atoms with van der Waals surface area (Å²) in [6, 6.07) is 6.11. The highest BCUT2D eigenvalue weighted by Crippen LogP contribution is 2.15. The molecule has 0 saturated carbocycles. The molecule has 0 spiro atoms. The SMILES string of the molecule is NS(=O)(=O)c1ccc(CNc2nc[nH]c(=O)c2Br)cc1. The fourth-order valence-electron chi connectivity index (χ4n) is 1.49. The summed E-state index contributed by atoms with van der Waals surface area (Å²) in [6.07, 6.45) is 1.29. The monoisotopic (exact) mass is 358 g/mol. The normalized spacial score (nSPS) is 11.3. The van der Waals surface area contributed by atoms with Gasteiger partial charge >= 0.3 is 0 Å². The molecule has 20 heavy (non-hydrogen) atoms. The first-order chi connectivity index (χ1) is 9.38. The van der Waals surface area contributed by atoms with Gasteiger partial charge in [0.05, 0.1) is 11.2 Å². The molecule has 106 valence electrons. The molecule has 1 heterocycles. The van der Waals surface area contributed by atoms with E-state index in [1.807, 2.05) is 0 Å². The molecule has 0 atom stereocenters. The molecule has 1 aromatic heterocycles. The van der Waals surface area contributed by atoms with Crippen molar-refractivity contribution >= 4 is 31.8 Å². The van der Waals surface area contributed by atoms with Crippen LogP contribution in [0.4, 0.5) is 5.82 Å². The molecule has 2 rings (SSSR count). The van der Waals surface area contributed by atoms with Crippen molar-refractivity contribution in [2.75, 3.05) is 5.32 Å². The van der Waals surface area contributed by atoms with Gasteiger partial charge in [0.1, 0.15) is 10.3 Å². The van der Waals surface area contributed by atoms with Crippen LogP contribution in [0.2, 0.25) is 0 Å². The van der Waals surface area contributed by atoms with Gasteiger partial charge in [0.2, 0.25) is 10.0 Å². The van der Waals surface area contributed by atoms with E-state index in [1.165, 1.54) is 18.5 Å². The van der Waals surface area contributed by atoms with E-state index >= 15 is 0 Å². The zero-order valence-corrected chi connectivity index (χ0v) is 12.5. The van der Waals surface area contributed by atoms with Crippen molar-refractivity contribution in [3.63, 3.8) is 0 Å². The van der Waals surface area contributed by atoms with E-state index in [-0.39, 0.29) is 10.5 Å². The van der Waals surface area contributed by atoms with Crippen LogP contribution in [-0.2, 0) is 16.6 Å². The Balaban J connectivity index is 2.12. The average Bonchev–Trinajstić information content (AvgIpc) is 2.40. The van der Waals surface area contributed by atoms with Gasteiger partial charge in [-0.05, 0) is 33.6 Å². The molecular formula is C11H11BrN4O3S. The van der Waals surface area contributed by atoms with Crippen LogP contribution >= 0.6 is 15.9 Å². The van der Waals surface area contributed by atoms with Crippen molar-refractivity contribution in [2.24, 2.45) is 5.14 Å². The Hall–Kier alpha value is -1.71. The van der Waals surface area contributed by atoms with Crippen LogP contribution in [0.5, 0.6) is 0 Å². The number of aromatic nitrogens is 2. The molecule has 0 unspecified atom stereocenters. The molecule has 0 aliphatic heterocycles. The van der Waals surface area contributed by atoms with Gasteiger partial charge in [0, 0.05) is 6.54 Å². The lowest BCUT2D eigenvalue weighted by atomic mass is 10.2. The molecular weight excluding hydrogens is 348 g/mol. The number of sulfonamides is 1. The van der Waals surface area contributed by atoms with Crippen LogP contribution in [0.25, 0.3) is 0 Å². The third-order valence-electron chi connectivity index (χ3n) is 2.51. The first-order valence-corrected chi connectivity index (χ1v) is 7.80. The van der Waals surface area contributed by atoms with Crippen molar-refractivity contribution < 1.29 is 8.42 Å². The third kappa shape index (κ3) is 3.44. The molecule has 0 amide bonds. The van der Waals surface area contributed by atoms with Gasteiger partial charge in [-0.2, -0.15) is 0 Å². The predicted octanol–water partition coefficient (Wildman–Crippen LogP) is 0.792. The zero-order valence-electron chi connectivity index (χ0n) is 10.1. The van der Waals surface area contributed by atoms with E-state index in [2.05, 4.69) is 31.2 Å². The topological polar surface area (TPSA) is 118 Å². The Morgan fingerprint density at radius 3 is 2.55 bits per heavy atom. The first kappa shape index (κ1) is 14.7. The molecule has 2 aromatic rings. The van der Waals surface area contributed by atoms with Gasteiger partial charge in [-0.3, -0.25) is 4.79 Å². The second kappa shape index (κ2) is 5.73. The fraction of sp³-hybridized carbons (Fsp3) is 0.0909. The second-order valence-electron chi connectivity index (χ2n) is 3.94. The summed E-state index contributed by atoms with van der Waals surface area (Å²) in [5, 5.41) is 7.98. The highest BCUT2D eigenvalue weighted by molar-refractivity contribution is 9.10. The maximum Gasteiger partial charge on any atom is 0.267 e. The smallest absolute Gasteiger partial charge is 0.267 e. The number of hydrogen-bond donors (Lipinski definition) is 3. The quantitative estimate of drug-likeness (QED) is 0.746. The minimum atomic E-state index is -3.68. The number of halogens is 1. The number of rotatable bonds is 4. The van der Waals surface area contributed by atoms with Gasteiger partial charge in [0.25, 0.3) is 5.56 Å². The van der Waals surface area contributed by atoms with Gasteiger partial charge in [-0.1, -0.05) is 12.1 Å². The van der Waals surface area contributed by atoms with Gasteiger partial charge in [-0.25, -0.2) is 18.5 Å². The molecule has 7 nitrogen and oxygen atoms in total. The lowest BCUT2D eigenvalue weighted by Crippen LogP contribution is -2.13. The van der Waals surface area contributed by atoms with E-state index in [0.29, 0.717) is 16.8 Å². The summed E-state index contributed by atoms with van der Waals surface area (Å²) in [5.41, 5.74) is 0.540. The van der Waals surface area contributed by atoms with Crippen LogP contribution in [0, 0.1) is 0 Å². The van der Waals surface area contributed by atoms with Crippen LogP contribution in [0.15, 0.2) is 44.8 Å². The molecule has 4 N–H and O–H groups in total. The largest absolute Gasteiger partial charge is 0.365 e. The van der Waals surface area contributed by atoms with Crippen LogP contribution in [0.1, 0.15) is 5.56 Å². The predicted molar refractivity (Wildman–Crippen MR) is 77.7 cm³/mol. The molecule has 0 saturated heterocycles. The van der Waals surface area contributed by atoms with Crippen molar-refractivity contribution in [3.8, 4) is 0 Å². The Morgan fingerprint density at radius 2 is 1.95 bits per heavy atom. The van der Waals surface area contributed by atoms with Crippen molar-refractivity contribution in [3.05, 3.63) is 51.0 Å². The molecule has 1 aromatic carbocycles. The number of nitrogens with zero attached hydrogens (tertiary/aromatic N) is 1. The number of aromatic amines is 1. The molecule has 0 aliphatic rings. The Kier molecular flexibility index (Phi) is 4.21. The number of benzene rings is 1. The Morgan fingerprint density at radius 1 is 1.30 bits per heavy atom. The Labute approximate surface area is 123 Å². The molecule has 0 bridgehead atoms. The Bertz CT molecular complexity index is 771. The van der Waals surface area contributed by atoms with E-state index in [4.69, 9.17) is 5.14 Å². The second-order valence-corrected chi connectivity index (χ2v) is 6.29. The molecule has 0 radical (unpaired) electrons. The summed E-state index contributed by atoms with van der Waals surface area (Å²) in [5.74, 6) is 0.407. The standard InChI is InChI=1S/C11H11BrN4O3S/c12-9-10(15-6-16-11(9)17)14-5-7-1-3-8(4-2-7)20(13,18)19/h1-4,6H,5H2,(H2,13,18,19)(H2,14,15,16,17). The fourth-order valence-corrected chi connectivity index (χ4v) is 2.36. The van der Waals surface area contributed by atoms with Crippen LogP contribution in [0.3, 0.4) is 0 Å². The summed E-state index contributed by atoms with van der Waals surface area (Å²) in [6.45, 7) is 0.389. The average molecular weight is 359 g/mol. The zero-order chi connectivity index (χ0) is 14.8. The van der Waals surface area contributed by atoms with Crippen molar-refractivity contribution in [2.45, 2.75) is 11.4 Å². The summed E-state index contributed by atoms with van der Waals surface area (Å²) < 4.78 is 22.5. The van der Waals surface area contributed by atoms with E-state index in [1.54, 1.807) is 12.1 Å². The summed E-state index contributed by atoms with van der Waals surface area (Å²) >= 11 is 3.13. The molecule has 0 aliphatic carbocycles. The minimum absolute atomic E-state index is 0.0525. The van der Waals surface area contributed by atoms with E-state index in [9.17, 15) is 13.2 Å². The summed E-state index contributed by atoms with van der Waals surface area (Å²) in [7, 11) is -3.68. The third-order valence-corrected chi connectivity index (χ3v) is 4.17. The van der Waals surface area contributed by atoms with Crippen LogP contribution in [-0.4, -0.2) is 18.4 Å². The first-order valence-electron chi connectivity index (χ1n) is 5.47. The van der Waals surface area contributed by atoms with Crippen molar-refractivity contribution in [1.82, 2.24) is 9.97 Å². The molecule has 0 fully saturated rings. The highest BCUT2D eigenvalue weighted by Gasteiger charge is 2.07.